The van der Waals surface area contributed by atoms with Gasteiger partial charge in [0.05, 0.1) is 9.95 Å². The molecule has 0 saturated carbocycles. The number of halogens is 3. The summed E-state index contributed by atoms with van der Waals surface area (Å²) in [5.74, 6) is 0. The van der Waals surface area contributed by atoms with Crippen LogP contribution in [0.3, 0.4) is 0 Å². The third kappa shape index (κ3) is 3.94. The molecule has 0 unspecified atom stereocenters. The van der Waals surface area contributed by atoms with Gasteiger partial charge in [0.2, 0.25) is 0 Å². The van der Waals surface area contributed by atoms with E-state index in [9.17, 15) is 10.1 Å². The van der Waals surface area contributed by atoms with Crippen LogP contribution in [0.25, 0.3) is 0 Å². The average molecular weight is 420 g/mol. The first-order valence-corrected chi connectivity index (χ1v) is 7.55. The highest BCUT2D eigenvalue weighted by atomic mass is 79.9. The zero-order valence-electron chi connectivity index (χ0n) is 10.1. The Hall–Kier alpha value is -1.11. The van der Waals surface area contributed by atoms with Gasteiger partial charge in [-0.1, -0.05) is 27.5 Å². The fourth-order valence-corrected chi connectivity index (χ4v) is 2.68. The lowest BCUT2D eigenvalue weighted by Crippen LogP contribution is -2.00. The van der Waals surface area contributed by atoms with Crippen molar-refractivity contribution < 1.29 is 4.92 Å². The van der Waals surface area contributed by atoms with Crippen LogP contribution < -0.4 is 5.32 Å². The molecule has 0 aromatic heterocycles. The molecule has 0 spiro atoms. The topological polar surface area (TPSA) is 55.2 Å². The Morgan fingerprint density at radius 2 is 1.95 bits per heavy atom. The molecular formula is C13H9Br2ClN2O2. The van der Waals surface area contributed by atoms with E-state index in [4.69, 9.17) is 11.6 Å². The molecule has 0 radical (unpaired) electrons. The lowest BCUT2D eigenvalue weighted by Gasteiger charge is -2.08. The Morgan fingerprint density at radius 1 is 1.20 bits per heavy atom. The summed E-state index contributed by atoms with van der Waals surface area (Å²) in [4.78, 5) is 10.4. The minimum Gasteiger partial charge on any atom is -0.381 e. The molecule has 7 heteroatoms. The second-order valence-corrected chi connectivity index (χ2v) is 6.23. The van der Waals surface area contributed by atoms with E-state index in [0.717, 1.165) is 15.7 Å². The molecule has 1 N–H and O–H groups in total. The Balaban J connectivity index is 2.14. The highest BCUT2D eigenvalue weighted by Crippen LogP contribution is 2.26. The molecule has 4 nitrogen and oxygen atoms in total. The van der Waals surface area contributed by atoms with Gasteiger partial charge in [-0.3, -0.25) is 10.1 Å². The van der Waals surface area contributed by atoms with E-state index in [-0.39, 0.29) is 5.69 Å². The molecule has 0 atom stereocenters. The Labute approximate surface area is 137 Å². The van der Waals surface area contributed by atoms with Gasteiger partial charge in [-0.05, 0) is 45.8 Å². The molecule has 0 bridgehead atoms. The minimum absolute atomic E-state index is 0.0634. The van der Waals surface area contributed by atoms with Crippen molar-refractivity contribution in [2.45, 2.75) is 6.54 Å². The lowest BCUT2D eigenvalue weighted by atomic mass is 10.2. The molecule has 2 rings (SSSR count). The van der Waals surface area contributed by atoms with Crippen molar-refractivity contribution in [3.05, 3.63) is 66.0 Å². The van der Waals surface area contributed by atoms with Crippen molar-refractivity contribution in [3.63, 3.8) is 0 Å². The third-order valence-electron chi connectivity index (χ3n) is 2.57. The highest BCUT2D eigenvalue weighted by Gasteiger charge is 2.08. The van der Waals surface area contributed by atoms with Crippen LogP contribution in [0.4, 0.5) is 11.4 Å². The summed E-state index contributed by atoms with van der Waals surface area (Å²) < 4.78 is 1.48. The number of anilines is 1. The highest BCUT2D eigenvalue weighted by molar-refractivity contribution is 9.10. The van der Waals surface area contributed by atoms with E-state index in [1.807, 2.05) is 18.2 Å². The second kappa shape index (κ2) is 6.56. The van der Waals surface area contributed by atoms with Gasteiger partial charge < -0.3 is 5.32 Å². The van der Waals surface area contributed by atoms with Crippen molar-refractivity contribution in [1.82, 2.24) is 0 Å². The first-order chi connectivity index (χ1) is 9.45. The predicted molar refractivity (Wildman–Crippen MR) is 87.3 cm³/mol. The van der Waals surface area contributed by atoms with Crippen LogP contribution in [-0.4, -0.2) is 4.92 Å². The summed E-state index contributed by atoms with van der Waals surface area (Å²) in [5, 5.41) is 14.6. The summed E-state index contributed by atoms with van der Waals surface area (Å²) in [6.45, 7) is 0.481. The van der Waals surface area contributed by atoms with Crippen LogP contribution in [-0.2, 0) is 6.54 Å². The van der Waals surface area contributed by atoms with Crippen LogP contribution in [0.15, 0.2) is 45.3 Å². The maximum Gasteiger partial charge on any atom is 0.270 e. The molecule has 0 aliphatic heterocycles. The van der Waals surface area contributed by atoms with Gasteiger partial charge in [0.15, 0.2) is 0 Å². The van der Waals surface area contributed by atoms with E-state index < -0.39 is 4.92 Å². The van der Waals surface area contributed by atoms with Crippen LogP contribution in [0.1, 0.15) is 5.56 Å². The van der Waals surface area contributed by atoms with Crippen LogP contribution in [0, 0.1) is 10.1 Å². The number of hydrogen-bond acceptors (Lipinski definition) is 3. The SMILES string of the molecule is O=[N+]([O-])c1cc(Br)cc(CNc2ccc(Cl)c(Br)c2)c1. The maximum atomic E-state index is 10.8. The first-order valence-electron chi connectivity index (χ1n) is 5.58. The first kappa shape index (κ1) is 15.3. The van der Waals surface area contributed by atoms with Crippen molar-refractivity contribution >= 4 is 54.8 Å². The summed E-state index contributed by atoms with van der Waals surface area (Å²) >= 11 is 12.5. The van der Waals surface area contributed by atoms with E-state index in [1.54, 1.807) is 12.1 Å². The van der Waals surface area contributed by atoms with Crippen molar-refractivity contribution in [1.29, 1.82) is 0 Å². The quantitative estimate of drug-likeness (QED) is 0.533. The molecule has 0 saturated heterocycles. The monoisotopic (exact) mass is 418 g/mol. The molecule has 0 amide bonds. The van der Waals surface area contributed by atoms with Gasteiger partial charge in [-0.15, -0.1) is 0 Å². The zero-order chi connectivity index (χ0) is 14.7. The smallest absolute Gasteiger partial charge is 0.270 e. The van der Waals surface area contributed by atoms with Gasteiger partial charge in [0.1, 0.15) is 0 Å². The fourth-order valence-electron chi connectivity index (χ4n) is 1.65. The average Bonchev–Trinajstić information content (AvgIpc) is 2.39. The zero-order valence-corrected chi connectivity index (χ0v) is 14.0. The van der Waals surface area contributed by atoms with Gasteiger partial charge in [0, 0.05) is 33.3 Å². The number of nitrogens with zero attached hydrogens (tertiary/aromatic N) is 1. The van der Waals surface area contributed by atoms with E-state index in [2.05, 4.69) is 37.2 Å². The number of hydrogen-bond donors (Lipinski definition) is 1. The number of nitro groups is 1. The summed E-state index contributed by atoms with van der Waals surface area (Å²) in [6, 6.07) is 10.3. The molecule has 20 heavy (non-hydrogen) atoms. The Bertz CT molecular complexity index is 665. The normalized spacial score (nSPS) is 10.3. The number of rotatable bonds is 4. The van der Waals surface area contributed by atoms with Crippen LogP contribution in [0.5, 0.6) is 0 Å². The number of benzene rings is 2. The summed E-state index contributed by atoms with van der Waals surface area (Å²) in [7, 11) is 0. The Kier molecular flexibility index (Phi) is 5.01. The largest absolute Gasteiger partial charge is 0.381 e. The second-order valence-electron chi connectivity index (χ2n) is 4.06. The van der Waals surface area contributed by atoms with Crippen molar-refractivity contribution in [2.24, 2.45) is 0 Å². The number of non-ortho nitro benzene ring substituents is 1. The predicted octanol–water partition coefficient (Wildman–Crippen LogP) is 5.39. The van der Waals surface area contributed by atoms with Gasteiger partial charge in [0.25, 0.3) is 5.69 Å². The maximum absolute atomic E-state index is 10.8. The molecular weight excluding hydrogens is 411 g/mol. The van der Waals surface area contributed by atoms with Crippen molar-refractivity contribution in [3.8, 4) is 0 Å². The molecule has 0 heterocycles. The molecule has 2 aromatic carbocycles. The standard InChI is InChI=1S/C13H9Br2ClN2O2/c14-9-3-8(4-11(5-9)18(19)20)7-17-10-1-2-13(16)12(15)6-10/h1-6,17H,7H2. The molecule has 2 aromatic rings. The van der Waals surface area contributed by atoms with Gasteiger partial charge in [-0.2, -0.15) is 0 Å². The number of nitro benzene ring substituents is 1. The van der Waals surface area contributed by atoms with Crippen molar-refractivity contribution in [2.75, 3.05) is 5.32 Å². The summed E-state index contributed by atoms with van der Waals surface area (Å²) in [6.07, 6.45) is 0. The molecule has 0 aliphatic rings. The van der Waals surface area contributed by atoms with E-state index in [0.29, 0.717) is 16.0 Å². The van der Waals surface area contributed by atoms with Crippen LogP contribution >= 0.6 is 43.5 Å². The van der Waals surface area contributed by atoms with Gasteiger partial charge in [-0.25, -0.2) is 0 Å². The van der Waals surface area contributed by atoms with E-state index >= 15 is 0 Å². The molecule has 0 aliphatic carbocycles. The minimum atomic E-state index is -0.410. The lowest BCUT2D eigenvalue weighted by molar-refractivity contribution is -0.385. The number of nitrogens with one attached hydrogen (secondary N) is 1. The molecule has 104 valence electrons. The third-order valence-corrected chi connectivity index (χ3v) is 4.24. The molecule has 0 fully saturated rings. The van der Waals surface area contributed by atoms with Crippen LogP contribution in [0.2, 0.25) is 5.02 Å². The van der Waals surface area contributed by atoms with Gasteiger partial charge >= 0.3 is 0 Å². The Morgan fingerprint density at radius 3 is 2.60 bits per heavy atom. The fraction of sp³-hybridized carbons (Fsp3) is 0.0769. The van der Waals surface area contributed by atoms with E-state index in [1.165, 1.54) is 6.07 Å². The summed E-state index contributed by atoms with van der Waals surface area (Å²) in [5.41, 5.74) is 1.76.